The summed E-state index contributed by atoms with van der Waals surface area (Å²) in [6, 6.07) is 0. The molecule has 3 aliphatic rings. The molecular formula is C8H11BrO2. The number of Topliss-reactive ketones (excluding diaryl/α,β-unsaturated/α-hetero) is 1. The van der Waals surface area contributed by atoms with E-state index in [1.165, 1.54) is 0 Å². The van der Waals surface area contributed by atoms with Gasteiger partial charge in [-0.05, 0) is 19.3 Å². The predicted octanol–water partition coefficient (Wildman–Crippen LogP) is 1.52. The van der Waals surface area contributed by atoms with E-state index < -0.39 is 0 Å². The number of carbonyl (C=O) groups excluding carboxylic acids is 1. The highest BCUT2D eigenvalue weighted by atomic mass is 79.9. The van der Waals surface area contributed by atoms with E-state index in [-0.39, 0.29) is 11.0 Å². The van der Waals surface area contributed by atoms with Gasteiger partial charge in [-0.3, -0.25) is 4.79 Å². The summed E-state index contributed by atoms with van der Waals surface area (Å²) in [5.41, 5.74) is 0.136. The molecule has 0 saturated heterocycles. The number of hydrogen-bond acceptors (Lipinski definition) is 2. The number of ether oxygens (including phenoxy) is 1. The monoisotopic (exact) mass is 218 g/mol. The minimum absolute atomic E-state index is 0.0273. The van der Waals surface area contributed by atoms with Gasteiger partial charge in [-0.2, -0.15) is 0 Å². The maximum Gasteiger partial charge on any atom is 0.149 e. The zero-order chi connectivity index (χ0) is 8.11. The van der Waals surface area contributed by atoms with Gasteiger partial charge >= 0.3 is 0 Å². The topological polar surface area (TPSA) is 26.3 Å². The van der Waals surface area contributed by atoms with Crippen LogP contribution in [0, 0.1) is 5.41 Å². The molecule has 11 heavy (non-hydrogen) atoms. The summed E-state index contributed by atoms with van der Waals surface area (Å²) in [6.07, 6.45) is 2.88. The third-order valence-electron chi connectivity index (χ3n) is 3.13. The Morgan fingerprint density at radius 1 is 1.55 bits per heavy atom. The Hall–Kier alpha value is 0.110. The first-order valence-corrected chi connectivity index (χ1v) is 4.93. The number of halogens is 1. The number of rotatable bonds is 3. The fourth-order valence-electron chi connectivity index (χ4n) is 2.35. The molecule has 3 heteroatoms. The minimum Gasteiger partial charge on any atom is -0.378 e. The van der Waals surface area contributed by atoms with Gasteiger partial charge in [-0.15, -0.1) is 0 Å². The van der Waals surface area contributed by atoms with Gasteiger partial charge in [-0.25, -0.2) is 0 Å². The second-order valence-electron chi connectivity index (χ2n) is 3.75. The molecule has 0 aromatic rings. The molecule has 0 unspecified atom stereocenters. The van der Waals surface area contributed by atoms with Gasteiger partial charge in [0.2, 0.25) is 0 Å². The fourth-order valence-corrected chi connectivity index (χ4v) is 2.94. The smallest absolute Gasteiger partial charge is 0.149 e. The molecule has 0 aromatic carbocycles. The van der Waals surface area contributed by atoms with Crippen LogP contribution < -0.4 is 0 Å². The average molecular weight is 219 g/mol. The zero-order valence-electron chi connectivity index (χ0n) is 6.52. The molecule has 2 bridgehead atoms. The molecule has 0 heterocycles. The molecule has 0 spiro atoms. The second kappa shape index (κ2) is 2.07. The van der Waals surface area contributed by atoms with Crippen molar-refractivity contribution in [1.82, 2.24) is 0 Å². The molecule has 3 fully saturated rings. The summed E-state index contributed by atoms with van der Waals surface area (Å²) in [5, 5.41) is 0.507. The van der Waals surface area contributed by atoms with Crippen molar-refractivity contribution in [3.63, 3.8) is 0 Å². The van der Waals surface area contributed by atoms with E-state index in [9.17, 15) is 4.79 Å². The first-order chi connectivity index (χ1) is 5.16. The van der Waals surface area contributed by atoms with Gasteiger partial charge in [0, 0.05) is 12.5 Å². The number of hydrogen-bond donors (Lipinski definition) is 0. The fraction of sp³-hybridized carbons (Fsp3) is 0.875. The van der Waals surface area contributed by atoms with Gasteiger partial charge in [0.25, 0.3) is 0 Å². The lowest BCUT2D eigenvalue weighted by atomic mass is 9.40. The first-order valence-electron chi connectivity index (χ1n) is 3.81. The summed E-state index contributed by atoms with van der Waals surface area (Å²) < 4.78 is 5.29. The number of alkyl halides is 1. The summed E-state index contributed by atoms with van der Waals surface area (Å²) in [6.45, 7) is 0. The summed E-state index contributed by atoms with van der Waals surface area (Å²) >= 11 is 3.20. The summed E-state index contributed by atoms with van der Waals surface area (Å²) in [7, 11) is 1.74. The molecule has 0 amide bonds. The zero-order valence-corrected chi connectivity index (χ0v) is 8.11. The third kappa shape index (κ3) is 0.785. The lowest BCUT2D eigenvalue weighted by molar-refractivity contribution is -0.260. The largest absolute Gasteiger partial charge is 0.378 e. The Labute approximate surface area is 74.4 Å². The maximum absolute atomic E-state index is 11.3. The van der Waals surface area contributed by atoms with Crippen molar-refractivity contribution in [2.24, 2.45) is 5.41 Å². The second-order valence-corrected chi connectivity index (χ2v) is 4.32. The van der Waals surface area contributed by atoms with Crippen molar-refractivity contribution in [2.45, 2.75) is 24.9 Å². The molecule has 0 atom stereocenters. The summed E-state index contributed by atoms with van der Waals surface area (Å²) in [4.78, 5) is 11.3. The molecule has 3 rings (SSSR count). The van der Waals surface area contributed by atoms with E-state index in [4.69, 9.17) is 4.74 Å². The molecule has 3 saturated carbocycles. The lowest BCUT2D eigenvalue weighted by Gasteiger charge is -2.68. The minimum atomic E-state index is 0.0273. The highest BCUT2D eigenvalue weighted by molar-refractivity contribution is 9.09. The summed E-state index contributed by atoms with van der Waals surface area (Å²) in [5.74, 6) is 0.358. The lowest BCUT2D eigenvalue weighted by Crippen LogP contribution is -2.71. The van der Waals surface area contributed by atoms with Crippen LogP contribution >= 0.6 is 15.9 Å². The van der Waals surface area contributed by atoms with E-state index in [0.717, 1.165) is 19.3 Å². The molecule has 0 aromatic heterocycles. The molecule has 2 nitrogen and oxygen atoms in total. The van der Waals surface area contributed by atoms with Crippen LogP contribution in [0.4, 0.5) is 0 Å². The van der Waals surface area contributed by atoms with Crippen LogP contribution in [0.2, 0.25) is 0 Å². The van der Waals surface area contributed by atoms with Crippen LogP contribution in [0.5, 0.6) is 0 Å². The third-order valence-corrected chi connectivity index (χ3v) is 3.64. The van der Waals surface area contributed by atoms with Gasteiger partial charge in [0.15, 0.2) is 0 Å². The normalized spacial score (nSPS) is 46.0. The van der Waals surface area contributed by atoms with Crippen LogP contribution in [0.15, 0.2) is 0 Å². The van der Waals surface area contributed by atoms with Crippen molar-refractivity contribution in [2.75, 3.05) is 12.4 Å². The van der Waals surface area contributed by atoms with Crippen LogP contribution in [-0.2, 0) is 9.53 Å². The van der Waals surface area contributed by atoms with Crippen LogP contribution in [0.1, 0.15) is 19.3 Å². The SMILES string of the molecule is COC12CC(C(=O)CBr)(C1)C2. The van der Waals surface area contributed by atoms with Crippen molar-refractivity contribution in [1.29, 1.82) is 0 Å². The van der Waals surface area contributed by atoms with Crippen molar-refractivity contribution in [3.8, 4) is 0 Å². The van der Waals surface area contributed by atoms with Gasteiger partial charge < -0.3 is 4.74 Å². The number of ketones is 1. The first kappa shape index (κ1) is 7.74. The molecule has 0 N–H and O–H groups in total. The van der Waals surface area contributed by atoms with Crippen molar-refractivity contribution >= 4 is 21.7 Å². The highest BCUT2D eigenvalue weighted by Crippen LogP contribution is 2.69. The van der Waals surface area contributed by atoms with Crippen molar-refractivity contribution in [3.05, 3.63) is 0 Å². The molecule has 0 aliphatic heterocycles. The standard InChI is InChI=1S/C8H11BrO2/c1-11-8-3-7(4-8,5-8)6(10)2-9/h2-5H2,1H3. The Kier molecular flexibility index (Phi) is 1.46. The van der Waals surface area contributed by atoms with Gasteiger partial charge in [-0.1, -0.05) is 15.9 Å². The van der Waals surface area contributed by atoms with E-state index >= 15 is 0 Å². The number of carbonyl (C=O) groups is 1. The van der Waals surface area contributed by atoms with Crippen LogP contribution in [0.25, 0.3) is 0 Å². The molecule has 0 radical (unpaired) electrons. The Bertz CT molecular complexity index is 192. The van der Waals surface area contributed by atoms with Gasteiger partial charge in [0.05, 0.1) is 10.9 Å². The average Bonchev–Trinajstić information content (AvgIpc) is 1.83. The maximum atomic E-state index is 11.3. The highest BCUT2D eigenvalue weighted by Gasteiger charge is 2.71. The quantitative estimate of drug-likeness (QED) is 0.672. The van der Waals surface area contributed by atoms with Crippen LogP contribution in [0.3, 0.4) is 0 Å². The number of methoxy groups -OCH3 is 1. The molecule has 62 valence electrons. The van der Waals surface area contributed by atoms with E-state index in [2.05, 4.69) is 15.9 Å². The van der Waals surface area contributed by atoms with Gasteiger partial charge in [0.1, 0.15) is 5.78 Å². The Balaban J connectivity index is 1.99. The van der Waals surface area contributed by atoms with E-state index in [1.807, 2.05) is 0 Å². The van der Waals surface area contributed by atoms with Crippen LogP contribution in [-0.4, -0.2) is 23.8 Å². The van der Waals surface area contributed by atoms with E-state index in [0.29, 0.717) is 11.1 Å². The van der Waals surface area contributed by atoms with E-state index in [1.54, 1.807) is 7.11 Å². The molecular weight excluding hydrogens is 208 g/mol. The predicted molar refractivity (Wildman–Crippen MR) is 44.8 cm³/mol. The Morgan fingerprint density at radius 3 is 2.45 bits per heavy atom. The molecule has 3 aliphatic carbocycles. The Morgan fingerprint density at radius 2 is 2.09 bits per heavy atom. The van der Waals surface area contributed by atoms with Crippen molar-refractivity contribution < 1.29 is 9.53 Å².